The quantitative estimate of drug-likeness (QED) is 0.901. The summed E-state index contributed by atoms with van der Waals surface area (Å²) in [7, 11) is 0. The average molecular weight is 338 g/mol. The third kappa shape index (κ3) is 1.61. The standard InChI is InChI=1S/C16H20BrNO2/c1-8-5-10-12(16(7-18)3-4-16)14-11(6-9(2)19-14)13(17)15(10)20-8/h8-9H,3-7,18H2,1-2H3. The number of benzene rings is 1. The lowest BCUT2D eigenvalue weighted by Gasteiger charge is -2.21. The third-order valence-corrected chi connectivity index (χ3v) is 5.78. The molecule has 4 rings (SSSR count). The van der Waals surface area contributed by atoms with Crippen LogP contribution in [-0.4, -0.2) is 18.8 Å². The molecule has 0 saturated heterocycles. The molecule has 1 aromatic carbocycles. The fraction of sp³-hybridized carbons (Fsp3) is 0.625. The molecule has 2 atom stereocenters. The van der Waals surface area contributed by atoms with E-state index in [1.165, 1.54) is 29.5 Å². The zero-order valence-corrected chi connectivity index (χ0v) is 13.5. The third-order valence-electron chi connectivity index (χ3n) is 4.94. The fourth-order valence-electron chi connectivity index (χ4n) is 3.73. The van der Waals surface area contributed by atoms with Crippen LogP contribution in [0.2, 0.25) is 0 Å². The molecule has 0 bridgehead atoms. The predicted octanol–water partition coefficient (Wildman–Crippen LogP) is 3.09. The van der Waals surface area contributed by atoms with Gasteiger partial charge in [-0.15, -0.1) is 0 Å². The summed E-state index contributed by atoms with van der Waals surface area (Å²) >= 11 is 3.75. The second-order valence-corrected chi connectivity index (χ2v) is 7.35. The Bertz CT molecular complexity index is 556. The number of fused-ring (bicyclic) bond motifs is 2. The van der Waals surface area contributed by atoms with Crippen LogP contribution in [0.3, 0.4) is 0 Å². The van der Waals surface area contributed by atoms with Gasteiger partial charge in [0.25, 0.3) is 0 Å². The molecule has 4 heteroatoms. The van der Waals surface area contributed by atoms with Gasteiger partial charge in [-0.2, -0.15) is 0 Å². The van der Waals surface area contributed by atoms with Crippen LogP contribution < -0.4 is 15.2 Å². The molecular weight excluding hydrogens is 318 g/mol. The normalized spacial score (nSPS) is 28.6. The van der Waals surface area contributed by atoms with Crippen LogP contribution in [0.4, 0.5) is 0 Å². The van der Waals surface area contributed by atoms with Gasteiger partial charge < -0.3 is 15.2 Å². The van der Waals surface area contributed by atoms with E-state index in [2.05, 4.69) is 29.8 Å². The molecule has 2 N–H and O–H groups in total. The Kier molecular flexibility index (Phi) is 2.68. The van der Waals surface area contributed by atoms with Gasteiger partial charge in [0, 0.05) is 41.5 Å². The van der Waals surface area contributed by atoms with Gasteiger partial charge in [0.1, 0.15) is 23.7 Å². The van der Waals surface area contributed by atoms with E-state index in [4.69, 9.17) is 15.2 Å². The monoisotopic (exact) mass is 337 g/mol. The number of rotatable bonds is 2. The van der Waals surface area contributed by atoms with E-state index in [0.717, 1.165) is 28.8 Å². The highest BCUT2D eigenvalue weighted by molar-refractivity contribution is 9.10. The smallest absolute Gasteiger partial charge is 0.138 e. The first kappa shape index (κ1) is 13.0. The van der Waals surface area contributed by atoms with E-state index < -0.39 is 0 Å². The summed E-state index contributed by atoms with van der Waals surface area (Å²) in [5.74, 6) is 2.15. The number of hydrogen-bond acceptors (Lipinski definition) is 3. The van der Waals surface area contributed by atoms with Crippen molar-refractivity contribution in [2.45, 2.75) is 57.2 Å². The Balaban J connectivity index is 1.98. The maximum absolute atomic E-state index is 6.17. The van der Waals surface area contributed by atoms with Gasteiger partial charge in [0.2, 0.25) is 0 Å². The lowest BCUT2D eigenvalue weighted by atomic mass is 9.86. The fourth-order valence-corrected chi connectivity index (χ4v) is 4.40. The van der Waals surface area contributed by atoms with Crippen LogP contribution in [0, 0.1) is 0 Å². The van der Waals surface area contributed by atoms with E-state index in [-0.39, 0.29) is 17.6 Å². The minimum Gasteiger partial charge on any atom is -0.490 e. The molecule has 1 saturated carbocycles. The minimum absolute atomic E-state index is 0.145. The van der Waals surface area contributed by atoms with Gasteiger partial charge in [-0.3, -0.25) is 0 Å². The molecule has 108 valence electrons. The maximum Gasteiger partial charge on any atom is 0.138 e. The molecule has 1 fully saturated rings. The van der Waals surface area contributed by atoms with Crippen molar-refractivity contribution in [1.29, 1.82) is 0 Å². The van der Waals surface area contributed by atoms with Crippen LogP contribution in [0.1, 0.15) is 43.4 Å². The molecule has 1 aliphatic carbocycles. The van der Waals surface area contributed by atoms with Crippen LogP contribution in [0.25, 0.3) is 0 Å². The van der Waals surface area contributed by atoms with Crippen molar-refractivity contribution in [1.82, 2.24) is 0 Å². The molecule has 2 aliphatic heterocycles. The largest absolute Gasteiger partial charge is 0.490 e. The summed E-state index contributed by atoms with van der Waals surface area (Å²) in [5.41, 5.74) is 10.2. The molecule has 3 aliphatic rings. The first-order valence-corrected chi connectivity index (χ1v) is 8.26. The lowest BCUT2D eigenvalue weighted by molar-refractivity contribution is 0.250. The van der Waals surface area contributed by atoms with Gasteiger partial charge in [-0.1, -0.05) is 0 Å². The van der Waals surface area contributed by atoms with E-state index in [9.17, 15) is 0 Å². The van der Waals surface area contributed by atoms with Gasteiger partial charge in [0.15, 0.2) is 0 Å². The van der Waals surface area contributed by atoms with E-state index in [1.54, 1.807) is 0 Å². The molecule has 0 aromatic heterocycles. The van der Waals surface area contributed by atoms with Gasteiger partial charge in [-0.25, -0.2) is 0 Å². The lowest BCUT2D eigenvalue weighted by Crippen LogP contribution is -2.22. The number of hydrogen-bond donors (Lipinski definition) is 1. The highest BCUT2D eigenvalue weighted by atomic mass is 79.9. The summed E-state index contributed by atoms with van der Waals surface area (Å²) < 4.78 is 13.3. The second-order valence-electron chi connectivity index (χ2n) is 6.55. The van der Waals surface area contributed by atoms with Crippen molar-refractivity contribution in [3.05, 3.63) is 21.2 Å². The number of ether oxygens (including phenoxy) is 2. The minimum atomic E-state index is 0.145. The molecule has 2 unspecified atom stereocenters. The SMILES string of the molecule is CC1Cc2c(c(Br)c3c(c2C2(CN)CC2)OC(C)C3)O1. The van der Waals surface area contributed by atoms with Crippen LogP contribution in [0.5, 0.6) is 11.5 Å². The maximum atomic E-state index is 6.17. The topological polar surface area (TPSA) is 44.5 Å². The predicted molar refractivity (Wildman–Crippen MR) is 81.7 cm³/mol. The van der Waals surface area contributed by atoms with Crippen molar-refractivity contribution in [3.63, 3.8) is 0 Å². The Morgan fingerprint density at radius 1 is 1.10 bits per heavy atom. The number of halogens is 1. The Morgan fingerprint density at radius 3 is 2.30 bits per heavy atom. The average Bonchev–Trinajstić information content (AvgIpc) is 2.95. The Hall–Kier alpha value is -0.740. The first-order valence-electron chi connectivity index (χ1n) is 7.47. The zero-order valence-electron chi connectivity index (χ0n) is 12.0. The van der Waals surface area contributed by atoms with Crippen LogP contribution in [-0.2, 0) is 18.3 Å². The summed E-state index contributed by atoms with van der Waals surface area (Å²) in [6.45, 7) is 4.97. The summed E-state index contributed by atoms with van der Waals surface area (Å²) in [6.07, 6.45) is 4.76. The van der Waals surface area contributed by atoms with E-state index in [0.29, 0.717) is 6.54 Å². The van der Waals surface area contributed by atoms with Crippen LogP contribution in [0.15, 0.2) is 4.47 Å². The molecule has 2 heterocycles. The molecular formula is C16H20BrNO2. The number of nitrogens with two attached hydrogens (primary N) is 1. The molecule has 1 aromatic rings. The van der Waals surface area contributed by atoms with Crippen molar-refractivity contribution in [2.75, 3.05) is 6.54 Å². The molecule has 0 spiro atoms. The summed E-state index contributed by atoms with van der Waals surface area (Å²) in [6, 6.07) is 0. The highest BCUT2D eigenvalue weighted by Gasteiger charge is 2.50. The molecule has 0 amide bonds. The van der Waals surface area contributed by atoms with E-state index in [1.807, 2.05) is 0 Å². The van der Waals surface area contributed by atoms with Crippen molar-refractivity contribution in [2.24, 2.45) is 5.73 Å². The molecule has 3 nitrogen and oxygen atoms in total. The summed E-state index contributed by atoms with van der Waals surface area (Å²) in [5, 5.41) is 0. The van der Waals surface area contributed by atoms with Crippen LogP contribution >= 0.6 is 15.9 Å². The Labute approximate surface area is 127 Å². The zero-order chi connectivity index (χ0) is 14.1. The van der Waals surface area contributed by atoms with Crippen molar-refractivity contribution in [3.8, 4) is 11.5 Å². The van der Waals surface area contributed by atoms with Gasteiger partial charge in [0.05, 0.1) is 4.47 Å². The second kappa shape index (κ2) is 4.14. The highest BCUT2D eigenvalue weighted by Crippen LogP contribution is 2.59. The van der Waals surface area contributed by atoms with E-state index >= 15 is 0 Å². The molecule has 0 radical (unpaired) electrons. The van der Waals surface area contributed by atoms with Gasteiger partial charge in [-0.05, 0) is 42.6 Å². The molecule has 20 heavy (non-hydrogen) atoms. The summed E-state index contributed by atoms with van der Waals surface area (Å²) in [4.78, 5) is 0. The van der Waals surface area contributed by atoms with Crippen molar-refractivity contribution >= 4 is 15.9 Å². The first-order chi connectivity index (χ1) is 9.55. The van der Waals surface area contributed by atoms with Gasteiger partial charge >= 0.3 is 0 Å². The van der Waals surface area contributed by atoms with Crippen molar-refractivity contribution < 1.29 is 9.47 Å². The Morgan fingerprint density at radius 2 is 1.70 bits per heavy atom.